The zero-order valence-electron chi connectivity index (χ0n) is 9.84. The quantitative estimate of drug-likeness (QED) is 0.879. The number of allylic oxidation sites excluding steroid dienone is 1. The van der Waals surface area contributed by atoms with Crippen molar-refractivity contribution in [3.05, 3.63) is 40.4 Å². The molecule has 1 aromatic carbocycles. The van der Waals surface area contributed by atoms with Crippen LogP contribution in [0.5, 0.6) is 0 Å². The number of aliphatic hydroxyl groups is 2. The Hall–Kier alpha value is -1.04. The van der Waals surface area contributed by atoms with E-state index < -0.39 is 24.8 Å². The predicted octanol–water partition coefficient (Wildman–Crippen LogP) is 3.17. The number of aliphatic hydroxyl groups excluding tert-OH is 1. The third-order valence-corrected chi connectivity index (χ3v) is 3.67. The van der Waals surface area contributed by atoms with E-state index >= 15 is 0 Å². The average Bonchev–Trinajstić information content (AvgIpc) is 2.68. The van der Waals surface area contributed by atoms with Gasteiger partial charge in [0, 0.05) is 5.02 Å². The molecular formula is C13H12ClF3O2. The van der Waals surface area contributed by atoms with Crippen LogP contribution in [-0.4, -0.2) is 28.6 Å². The van der Waals surface area contributed by atoms with Crippen LogP contribution in [0.15, 0.2) is 29.8 Å². The molecule has 19 heavy (non-hydrogen) atoms. The van der Waals surface area contributed by atoms with Gasteiger partial charge in [0.15, 0.2) is 5.60 Å². The Balaban J connectivity index is 2.50. The van der Waals surface area contributed by atoms with E-state index in [1.165, 1.54) is 0 Å². The van der Waals surface area contributed by atoms with Crippen LogP contribution in [0.1, 0.15) is 18.4 Å². The molecule has 0 spiro atoms. The lowest BCUT2D eigenvalue weighted by Gasteiger charge is -2.28. The van der Waals surface area contributed by atoms with Crippen molar-refractivity contribution >= 4 is 17.2 Å². The van der Waals surface area contributed by atoms with Gasteiger partial charge in [0.25, 0.3) is 0 Å². The maximum absolute atomic E-state index is 12.9. The number of benzene rings is 1. The Bertz CT molecular complexity index is 508. The monoisotopic (exact) mass is 292 g/mol. The minimum atomic E-state index is -4.79. The fourth-order valence-corrected chi connectivity index (χ4v) is 2.49. The van der Waals surface area contributed by atoms with Crippen molar-refractivity contribution in [3.63, 3.8) is 0 Å². The van der Waals surface area contributed by atoms with Crippen LogP contribution in [0.3, 0.4) is 0 Å². The normalized spacial score (nSPS) is 24.1. The first-order chi connectivity index (χ1) is 8.79. The average molecular weight is 293 g/mol. The lowest BCUT2D eigenvalue weighted by molar-refractivity contribution is -0.244. The van der Waals surface area contributed by atoms with Gasteiger partial charge >= 0.3 is 6.18 Å². The number of halogens is 4. The van der Waals surface area contributed by atoms with Gasteiger partial charge in [0.2, 0.25) is 0 Å². The molecule has 104 valence electrons. The van der Waals surface area contributed by atoms with Crippen molar-refractivity contribution in [2.24, 2.45) is 0 Å². The van der Waals surface area contributed by atoms with Crippen molar-refractivity contribution in [2.45, 2.75) is 24.6 Å². The molecule has 0 amide bonds. The molecule has 0 saturated carbocycles. The topological polar surface area (TPSA) is 40.5 Å². The van der Waals surface area contributed by atoms with Gasteiger partial charge in [-0.05, 0) is 41.7 Å². The largest absolute Gasteiger partial charge is 0.421 e. The van der Waals surface area contributed by atoms with Crippen LogP contribution in [-0.2, 0) is 0 Å². The summed E-state index contributed by atoms with van der Waals surface area (Å²) in [6.45, 7) is -0.825. The molecule has 1 unspecified atom stereocenters. The van der Waals surface area contributed by atoms with E-state index in [4.69, 9.17) is 11.6 Å². The summed E-state index contributed by atoms with van der Waals surface area (Å²) in [5, 5.41) is 19.5. The zero-order valence-corrected chi connectivity index (χ0v) is 10.6. The maximum Gasteiger partial charge on any atom is 0.421 e. The molecule has 0 aliphatic heterocycles. The Kier molecular flexibility index (Phi) is 3.64. The van der Waals surface area contributed by atoms with Gasteiger partial charge in [-0.25, -0.2) is 0 Å². The van der Waals surface area contributed by atoms with Gasteiger partial charge in [0.1, 0.15) is 0 Å². The summed E-state index contributed by atoms with van der Waals surface area (Å²) in [6.07, 6.45) is -5.20. The third kappa shape index (κ3) is 2.38. The van der Waals surface area contributed by atoms with Gasteiger partial charge < -0.3 is 10.2 Å². The molecule has 2 rings (SSSR count). The molecule has 1 aliphatic carbocycles. The summed E-state index contributed by atoms with van der Waals surface area (Å²) in [6, 6.07) is 6.28. The standard InChI is InChI=1S/C13H12ClF3O2/c14-9-3-1-8(2-4-9)10-5-6-12(19,11(10)7-18)13(15,16)17/h1-4,18-19H,5-7H2. The molecule has 0 heterocycles. The SMILES string of the molecule is OCC1=C(c2ccc(Cl)cc2)CCC1(O)C(F)(F)F. The first kappa shape index (κ1) is 14.4. The molecule has 0 radical (unpaired) electrons. The Labute approximate surface area is 113 Å². The highest BCUT2D eigenvalue weighted by molar-refractivity contribution is 6.30. The van der Waals surface area contributed by atoms with Crippen LogP contribution in [0.2, 0.25) is 5.02 Å². The van der Waals surface area contributed by atoms with Crippen LogP contribution >= 0.6 is 11.6 Å². The Morgan fingerprint density at radius 2 is 1.79 bits per heavy atom. The number of hydrogen-bond donors (Lipinski definition) is 2. The van der Waals surface area contributed by atoms with Gasteiger partial charge in [-0.15, -0.1) is 0 Å². The smallest absolute Gasteiger partial charge is 0.392 e. The van der Waals surface area contributed by atoms with E-state index in [9.17, 15) is 23.4 Å². The lowest BCUT2D eigenvalue weighted by atomic mass is 9.93. The molecule has 1 atom stereocenters. The van der Waals surface area contributed by atoms with Crippen molar-refractivity contribution in [1.82, 2.24) is 0 Å². The Morgan fingerprint density at radius 3 is 2.26 bits per heavy atom. The van der Waals surface area contributed by atoms with Gasteiger partial charge in [-0.1, -0.05) is 23.7 Å². The lowest BCUT2D eigenvalue weighted by Crippen LogP contribution is -2.45. The molecular weight excluding hydrogens is 281 g/mol. The number of rotatable bonds is 2. The fraction of sp³-hybridized carbons (Fsp3) is 0.385. The molecule has 6 heteroatoms. The molecule has 1 aliphatic rings. The van der Waals surface area contributed by atoms with Crippen molar-refractivity contribution in [2.75, 3.05) is 6.61 Å². The second-order valence-electron chi connectivity index (χ2n) is 4.48. The molecule has 2 nitrogen and oxygen atoms in total. The highest BCUT2D eigenvalue weighted by Gasteiger charge is 2.58. The van der Waals surface area contributed by atoms with Crippen molar-refractivity contribution in [3.8, 4) is 0 Å². The number of alkyl halides is 3. The second kappa shape index (κ2) is 4.81. The first-order valence-electron chi connectivity index (χ1n) is 5.68. The van der Waals surface area contributed by atoms with Crippen molar-refractivity contribution < 1.29 is 23.4 Å². The van der Waals surface area contributed by atoms with E-state index in [1.54, 1.807) is 24.3 Å². The summed E-state index contributed by atoms with van der Waals surface area (Å²) in [7, 11) is 0. The summed E-state index contributed by atoms with van der Waals surface area (Å²) in [4.78, 5) is 0. The van der Waals surface area contributed by atoms with Gasteiger partial charge in [-0.3, -0.25) is 0 Å². The molecule has 2 N–H and O–H groups in total. The summed E-state index contributed by atoms with van der Waals surface area (Å²) in [5.41, 5.74) is -2.44. The summed E-state index contributed by atoms with van der Waals surface area (Å²) in [5.74, 6) is 0. The van der Waals surface area contributed by atoms with Crippen LogP contribution in [0.4, 0.5) is 13.2 Å². The van der Waals surface area contributed by atoms with Crippen LogP contribution in [0, 0.1) is 0 Å². The molecule has 0 bridgehead atoms. The predicted molar refractivity (Wildman–Crippen MR) is 65.7 cm³/mol. The molecule has 0 saturated heterocycles. The van der Waals surface area contributed by atoms with E-state index in [-0.39, 0.29) is 12.0 Å². The summed E-state index contributed by atoms with van der Waals surface area (Å²) >= 11 is 5.72. The van der Waals surface area contributed by atoms with Gasteiger partial charge in [-0.2, -0.15) is 13.2 Å². The molecule has 0 aromatic heterocycles. The highest BCUT2D eigenvalue weighted by Crippen LogP contribution is 2.49. The summed E-state index contributed by atoms with van der Waals surface area (Å²) < 4.78 is 38.8. The zero-order chi connectivity index (χ0) is 14.3. The Morgan fingerprint density at radius 1 is 1.21 bits per heavy atom. The van der Waals surface area contributed by atoms with Gasteiger partial charge in [0.05, 0.1) is 6.61 Å². The van der Waals surface area contributed by atoms with E-state index in [2.05, 4.69) is 0 Å². The maximum atomic E-state index is 12.9. The van der Waals surface area contributed by atoms with E-state index in [0.29, 0.717) is 16.2 Å². The molecule has 1 aromatic rings. The van der Waals surface area contributed by atoms with E-state index in [0.717, 1.165) is 0 Å². The first-order valence-corrected chi connectivity index (χ1v) is 6.06. The van der Waals surface area contributed by atoms with Crippen LogP contribution in [0.25, 0.3) is 5.57 Å². The minimum absolute atomic E-state index is 0.0630. The third-order valence-electron chi connectivity index (χ3n) is 3.42. The van der Waals surface area contributed by atoms with Crippen LogP contribution < -0.4 is 0 Å². The molecule has 0 fully saturated rings. The van der Waals surface area contributed by atoms with E-state index in [1.807, 2.05) is 0 Å². The van der Waals surface area contributed by atoms with Crippen molar-refractivity contribution in [1.29, 1.82) is 0 Å². The minimum Gasteiger partial charge on any atom is -0.392 e. The number of hydrogen-bond acceptors (Lipinski definition) is 2. The fourth-order valence-electron chi connectivity index (χ4n) is 2.37. The second-order valence-corrected chi connectivity index (χ2v) is 4.92. The highest BCUT2D eigenvalue weighted by atomic mass is 35.5.